The lowest BCUT2D eigenvalue weighted by Gasteiger charge is -2.11. The Labute approximate surface area is 123 Å². The molecule has 110 valence electrons. The normalized spacial score (nSPS) is 15.6. The Balaban J connectivity index is 2.31. The minimum Gasteiger partial charge on any atom is -0.490 e. The number of carbonyl (C=O) groups is 1. The first-order valence-electron chi connectivity index (χ1n) is 6.64. The van der Waals surface area contributed by atoms with Crippen molar-refractivity contribution in [3.8, 4) is 11.5 Å². The van der Waals surface area contributed by atoms with Crippen LogP contribution in [-0.2, 0) is 9.63 Å². The minimum absolute atomic E-state index is 0.401. The van der Waals surface area contributed by atoms with E-state index in [1.54, 1.807) is 25.1 Å². The van der Waals surface area contributed by atoms with E-state index in [1.807, 2.05) is 19.1 Å². The Morgan fingerprint density at radius 1 is 1.33 bits per heavy atom. The third-order valence-corrected chi connectivity index (χ3v) is 2.81. The molecule has 21 heavy (non-hydrogen) atoms. The summed E-state index contributed by atoms with van der Waals surface area (Å²) in [5.74, 6) is 0.811. The highest BCUT2D eigenvalue weighted by Gasteiger charge is 2.21. The van der Waals surface area contributed by atoms with E-state index >= 15 is 0 Å². The molecule has 0 saturated heterocycles. The summed E-state index contributed by atoms with van der Waals surface area (Å²) in [5.41, 5.74) is 1.81. The summed E-state index contributed by atoms with van der Waals surface area (Å²) in [7, 11) is 0. The Hall–Kier alpha value is -2.56. The lowest BCUT2D eigenvalue weighted by Crippen LogP contribution is -2.02. The zero-order chi connectivity index (χ0) is 15.2. The summed E-state index contributed by atoms with van der Waals surface area (Å²) in [6.45, 7) is 8.16. The number of carbonyl (C=O) groups excluding carboxylic acids is 1. The van der Waals surface area contributed by atoms with Gasteiger partial charge in [0.05, 0.1) is 17.9 Å². The largest absolute Gasteiger partial charge is 0.490 e. The second-order valence-electron chi connectivity index (χ2n) is 4.35. The fourth-order valence-corrected chi connectivity index (χ4v) is 1.84. The van der Waals surface area contributed by atoms with Crippen LogP contribution in [0.25, 0.3) is 6.08 Å². The lowest BCUT2D eigenvalue weighted by molar-refractivity contribution is -0.136. The van der Waals surface area contributed by atoms with Crippen molar-refractivity contribution in [3.63, 3.8) is 0 Å². The number of hydrogen-bond acceptors (Lipinski definition) is 5. The summed E-state index contributed by atoms with van der Waals surface area (Å²) in [5, 5.41) is 3.64. The van der Waals surface area contributed by atoms with E-state index in [2.05, 4.69) is 16.6 Å². The second kappa shape index (κ2) is 6.74. The van der Waals surface area contributed by atoms with Crippen LogP contribution >= 0.6 is 0 Å². The van der Waals surface area contributed by atoms with E-state index in [1.165, 1.54) is 0 Å². The SMILES string of the molecule is C=CCOc1ccc(/C=C2/C(=O)ON=C2C)cc1OCC. The third kappa shape index (κ3) is 3.51. The molecule has 5 nitrogen and oxygen atoms in total. The van der Waals surface area contributed by atoms with Crippen LogP contribution in [-0.4, -0.2) is 24.9 Å². The van der Waals surface area contributed by atoms with Gasteiger partial charge in [0.15, 0.2) is 11.5 Å². The van der Waals surface area contributed by atoms with Gasteiger partial charge < -0.3 is 14.3 Å². The van der Waals surface area contributed by atoms with Gasteiger partial charge in [0.2, 0.25) is 0 Å². The summed E-state index contributed by atoms with van der Waals surface area (Å²) < 4.78 is 11.1. The molecule has 1 aromatic carbocycles. The van der Waals surface area contributed by atoms with Crippen molar-refractivity contribution >= 4 is 17.8 Å². The van der Waals surface area contributed by atoms with Crippen LogP contribution in [0.15, 0.2) is 41.6 Å². The van der Waals surface area contributed by atoms with Gasteiger partial charge in [-0.15, -0.1) is 0 Å². The molecule has 1 aliphatic rings. The first-order chi connectivity index (χ1) is 10.2. The van der Waals surface area contributed by atoms with Crippen LogP contribution < -0.4 is 9.47 Å². The molecular weight excluding hydrogens is 270 g/mol. The molecule has 0 spiro atoms. The average molecular weight is 287 g/mol. The van der Waals surface area contributed by atoms with Crippen LogP contribution in [0, 0.1) is 0 Å². The van der Waals surface area contributed by atoms with Gasteiger partial charge in [-0.05, 0) is 37.6 Å². The first kappa shape index (κ1) is 14.8. The molecule has 1 aromatic rings. The number of oxime groups is 1. The van der Waals surface area contributed by atoms with Crippen LogP contribution in [0.3, 0.4) is 0 Å². The molecule has 5 heteroatoms. The van der Waals surface area contributed by atoms with Crippen molar-refractivity contribution in [1.29, 1.82) is 0 Å². The van der Waals surface area contributed by atoms with Crippen molar-refractivity contribution in [2.75, 3.05) is 13.2 Å². The molecule has 1 aliphatic heterocycles. The van der Waals surface area contributed by atoms with Crippen molar-refractivity contribution in [2.45, 2.75) is 13.8 Å². The van der Waals surface area contributed by atoms with E-state index in [-0.39, 0.29) is 0 Å². The highest BCUT2D eigenvalue weighted by Crippen LogP contribution is 2.30. The minimum atomic E-state index is -0.447. The summed E-state index contributed by atoms with van der Waals surface area (Å²) in [6, 6.07) is 5.45. The van der Waals surface area contributed by atoms with Gasteiger partial charge in [-0.2, -0.15) is 0 Å². The van der Waals surface area contributed by atoms with Gasteiger partial charge in [0.1, 0.15) is 6.61 Å². The maximum atomic E-state index is 11.5. The van der Waals surface area contributed by atoms with Gasteiger partial charge >= 0.3 is 5.97 Å². The predicted octanol–water partition coefficient (Wildman–Crippen LogP) is 2.97. The number of rotatable bonds is 6. The van der Waals surface area contributed by atoms with Crippen molar-refractivity contribution in [2.24, 2.45) is 5.16 Å². The molecule has 0 atom stereocenters. The molecule has 0 aliphatic carbocycles. The molecule has 0 bridgehead atoms. The highest BCUT2D eigenvalue weighted by molar-refractivity contribution is 6.24. The monoisotopic (exact) mass is 287 g/mol. The van der Waals surface area contributed by atoms with Crippen LogP contribution in [0.2, 0.25) is 0 Å². The molecule has 0 N–H and O–H groups in total. The predicted molar refractivity (Wildman–Crippen MR) is 80.5 cm³/mol. The number of ether oxygens (including phenoxy) is 2. The molecule has 0 fully saturated rings. The molecule has 0 amide bonds. The molecule has 0 aromatic heterocycles. The number of nitrogens with zero attached hydrogens (tertiary/aromatic N) is 1. The van der Waals surface area contributed by atoms with Gasteiger partial charge in [-0.3, -0.25) is 0 Å². The van der Waals surface area contributed by atoms with E-state index in [9.17, 15) is 4.79 Å². The fourth-order valence-electron chi connectivity index (χ4n) is 1.84. The lowest BCUT2D eigenvalue weighted by atomic mass is 10.1. The molecule has 1 heterocycles. The Morgan fingerprint density at radius 3 is 2.76 bits per heavy atom. The molecule has 2 rings (SSSR count). The van der Waals surface area contributed by atoms with Crippen molar-refractivity contribution < 1.29 is 19.1 Å². The fraction of sp³-hybridized carbons (Fsp3) is 0.250. The topological polar surface area (TPSA) is 57.1 Å². The summed E-state index contributed by atoms with van der Waals surface area (Å²) in [4.78, 5) is 16.2. The maximum Gasteiger partial charge on any atom is 0.367 e. The van der Waals surface area contributed by atoms with Crippen molar-refractivity contribution in [1.82, 2.24) is 0 Å². The van der Waals surface area contributed by atoms with Crippen LogP contribution in [0.1, 0.15) is 19.4 Å². The second-order valence-corrected chi connectivity index (χ2v) is 4.35. The maximum absolute atomic E-state index is 11.5. The molecule has 0 saturated carbocycles. The first-order valence-corrected chi connectivity index (χ1v) is 6.64. The van der Waals surface area contributed by atoms with Gasteiger partial charge in [-0.1, -0.05) is 23.9 Å². The highest BCUT2D eigenvalue weighted by atomic mass is 16.7. The van der Waals surface area contributed by atoms with Gasteiger partial charge in [-0.25, -0.2) is 4.79 Å². The van der Waals surface area contributed by atoms with E-state index in [0.29, 0.717) is 36.0 Å². The zero-order valence-electron chi connectivity index (χ0n) is 12.1. The van der Waals surface area contributed by atoms with E-state index in [4.69, 9.17) is 9.47 Å². The van der Waals surface area contributed by atoms with Gasteiger partial charge in [0.25, 0.3) is 0 Å². The molecular formula is C16H17NO4. The zero-order valence-corrected chi connectivity index (χ0v) is 12.1. The summed E-state index contributed by atoms with van der Waals surface area (Å²) >= 11 is 0. The Bertz CT molecular complexity index is 617. The van der Waals surface area contributed by atoms with E-state index in [0.717, 1.165) is 5.56 Å². The van der Waals surface area contributed by atoms with Crippen molar-refractivity contribution in [3.05, 3.63) is 42.0 Å². The van der Waals surface area contributed by atoms with Crippen LogP contribution in [0.5, 0.6) is 11.5 Å². The van der Waals surface area contributed by atoms with E-state index < -0.39 is 5.97 Å². The quantitative estimate of drug-likeness (QED) is 0.458. The third-order valence-electron chi connectivity index (χ3n) is 2.81. The molecule has 0 unspecified atom stereocenters. The number of benzene rings is 1. The number of hydrogen-bond donors (Lipinski definition) is 0. The Kier molecular flexibility index (Phi) is 4.77. The Morgan fingerprint density at radius 2 is 2.14 bits per heavy atom. The molecule has 0 radical (unpaired) electrons. The summed E-state index contributed by atoms with van der Waals surface area (Å²) in [6.07, 6.45) is 3.38. The standard InChI is InChI=1S/C16H17NO4/c1-4-8-20-14-7-6-12(10-15(14)19-5-2)9-13-11(3)17-21-16(13)18/h4,6-7,9-10H,1,5,8H2,2-3H3/b13-9+. The average Bonchev–Trinajstić information content (AvgIpc) is 2.79. The smallest absolute Gasteiger partial charge is 0.367 e. The van der Waals surface area contributed by atoms with Crippen LogP contribution in [0.4, 0.5) is 0 Å². The van der Waals surface area contributed by atoms with Gasteiger partial charge in [0, 0.05) is 0 Å².